The maximum Gasteiger partial charge on any atom is 0.259 e. The summed E-state index contributed by atoms with van der Waals surface area (Å²) in [5.41, 5.74) is 1.12. The Kier molecular flexibility index (Phi) is 7.11. The minimum absolute atomic E-state index is 0.0290. The first-order chi connectivity index (χ1) is 17.8. The fourth-order valence-electron chi connectivity index (χ4n) is 5.07. The number of sulfonamides is 1. The zero-order valence-corrected chi connectivity index (χ0v) is 22.0. The summed E-state index contributed by atoms with van der Waals surface area (Å²) in [6, 6.07) is 12.2. The lowest BCUT2D eigenvalue weighted by Crippen LogP contribution is -2.49. The van der Waals surface area contributed by atoms with Gasteiger partial charge in [-0.15, -0.1) is 6.58 Å². The van der Waals surface area contributed by atoms with Crippen LogP contribution in [0.15, 0.2) is 71.0 Å². The second kappa shape index (κ2) is 10.3. The fourth-order valence-corrected chi connectivity index (χ4v) is 6.80. The summed E-state index contributed by atoms with van der Waals surface area (Å²) in [5, 5.41) is 0.867. The lowest BCUT2D eigenvalue weighted by molar-refractivity contribution is 0.0745. The third-order valence-electron chi connectivity index (χ3n) is 7.05. The summed E-state index contributed by atoms with van der Waals surface area (Å²) in [7, 11) is -3.71. The molecule has 2 saturated heterocycles. The van der Waals surface area contributed by atoms with Gasteiger partial charge in [-0.3, -0.25) is 9.59 Å². The Bertz CT molecular complexity index is 1520. The number of pyridine rings is 1. The van der Waals surface area contributed by atoms with Crippen molar-refractivity contribution in [1.82, 2.24) is 13.8 Å². The lowest BCUT2D eigenvalue weighted by Gasteiger charge is -2.36. The fraction of sp³-hybridized carbons (Fsp3) is 0.333. The Morgan fingerprint density at radius 3 is 2.41 bits per heavy atom. The van der Waals surface area contributed by atoms with Gasteiger partial charge in [-0.05, 0) is 49.2 Å². The topological polar surface area (TPSA) is 82.9 Å². The van der Waals surface area contributed by atoms with Crippen LogP contribution in [-0.2, 0) is 16.6 Å². The Labute approximate surface area is 221 Å². The smallest absolute Gasteiger partial charge is 0.259 e. The second-order valence-electron chi connectivity index (χ2n) is 9.36. The SMILES string of the molecule is C=CCn1cc(C(=O)N2CCN(c3cccc(Cl)c3)CC2)c(=O)c2cc(S(=O)(=O)N3CCCC3)ccc21. The highest BCUT2D eigenvalue weighted by molar-refractivity contribution is 7.89. The molecule has 2 aliphatic heterocycles. The highest BCUT2D eigenvalue weighted by Crippen LogP contribution is 2.25. The summed E-state index contributed by atoms with van der Waals surface area (Å²) >= 11 is 6.13. The molecule has 1 amide bonds. The molecule has 10 heteroatoms. The average molecular weight is 541 g/mol. The molecule has 194 valence electrons. The standard InChI is InChI=1S/C27H29ClN4O4S/c1-2-10-31-19-24(27(34)30-15-13-29(14-16-30)21-7-5-6-20(28)17-21)26(33)23-18-22(8-9-25(23)31)37(35,36)32-11-3-4-12-32/h2,5-9,17-19H,1,3-4,10-16H2. The van der Waals surface area contributed by atoms with E-state index in [0.717, 1.165) is 18.5 Å². The number of fused-ring (bicyclic) bond motifs is 1. The molecular weight excluding hydrogens is 512 g/mol. The number of nitrogens with zero attached hydrogens (tertiary/aromatic N) is 4. The monoisotopic (exact) mass is 540 g/mol. The van der Waals surface area contributed by atoms with E-state index in [1.807, 2.05) is 24.3 Å². The van der Waals surface area contributed by atoms with Crippen molar-refractivity contribution in [3.05, 3.63) is 82.1 Å². The van der Waals surface area contributed by atoms with Gasteiger partial charge in [-0.25, -0.2) is 8.42 Å². The molecule has 0 bridgehead atoms. The number of aromatic nitrogens is 1. The van der Waals surface area contributed by atoms with Crippen molar-refractivity contribution >= 4 is 44.1 Å². The van der Waals surface area contributed by atoms with E-state index in [0.29, 0.717) is 56.4 Å². The van der Waals surface area contributed by atoms with Crippen LogP contribution in [0.25, 0.3) is 10.9 Å². The minimum atomic E-state index is -3.71. The molecule has 3 aromatic rings. The van der Waals surface area contributed by atoms with Crippen molar-refractivity contribution in [2.45, 2.75) is 24.3 Å². The van der Waals surface area contributed by atoms with Gasteiger partial charge in [-0.1, -0.05) is 23.7 Å². The second-order valence-corrected chi connectivity index (χ2v) is 11.7. The van der Waals surface area contributed by atoms with E-state index in [1.165, 1.54) is 16.4 Å². The van der Waals surface area contributed by atoms with Gasteiger partial charge in [0, 0.05) is 68.1 Å². The molecular formula is C27H29ClN4O4S. The van der Waals surface area contributed by atoms with Crippen LogP contribution in [0.4, 0.5) is 5.69 Å². The van der Waals surface area contributed by atoms with Gasteiger partial charge in [0.05, 0.1) is 10.4 Å². The third kappa shape index (κ3) is 4.91. The highest BCUT2D eigenvalue weighted by atomic mass is 35.5. The number of benzene rings is 2. The molecule has 1 aromatic heterocycles. The first-order valence-electron chi connectivity index (χ1n) is 12.4. The molecule has 2 aliphatic rings. The number of hydrogen-bond acceptors (Lipinski definition) is 5. The maximum atomic E-state index is 13.6. The van der Waals surface area contributed by atoms with Crippen LogP contribution in [0.1, 0.15) is 23.2 Å². The van der Waals surface area contributed by atoms with Crippen molar-refractivity contribution in [2.24, 2.45) is 0 Å². The molecule has 2 fully saturated rings. The molecule has 0 unspecified atom stereocenters. The van der Waals surface area contributed by atoms with Gasteiger partial charge >= 0.3 is 0 Å². The molecule has 37 heavy (non-hydrogen) atoms. The lowest BCUT2D eigenvalue weighted by atomic mass is 10.1. The van der Waals surface area contributed by atoms with Crippen molar-refractivity contribution < 1.29 is 13.2 Å². The molecule has 0 N–H and O–H groups in total. The number of carbonyl (C=O) groups excluding carboxylic acids is 1. The number of rotatable bonds is 6. The Morgan fingerprint density at radius 1 is 1.00 bits per heavy atom. The van der Waals surface area contributed by atoms with Crippen molar-refractivity contribution in [3.8, 4) is 0 Å². The maximum absolute atomic E-state index is 13.6. The number of allylic oxidation sites excluding steroid dienone is 1. The Morgan fingerprint density at radius 2 is 1.73 bits per heavy atom. The molecule has 0 radical (unpaired) electrons. The molecule has 0 atom stereocenters. The molecule has 0 spiro atoms. The number of piperazine rings is 1. The van der Waals surface area contributed by atoms with Crippen LogP contribution in [0, 0.1) is 0 Å². The number of hydrogen-bond donors (Lipinski definition) is 0. The minimum Gasteiger partial charge on any atom is -0.368 e. The third-order valence-corrected chi connectivity index (χ3v) is 9.18. The summed E-state index contributed by atoms with van der Waals surface area (Å²) in [4.78, 5) is 31.0. The zero-order chi connectivity index (χ0) is 26.2. The molecule has 5 rings (SSSR count). The average Bonchev–Trinajstić information content (AvgIpc) is 3.46. The molecule has 3 heterocycles. The van der Waals surface area contributed by atoms with E-state index in [-0.39, 0.29) is 21.8 Å². The summed E-state index contributed by atoms with van der Waals surface area (Å²) in [6.07, 6.45) is 4.88. The van der Waals surface area contributed by atoms with Gasteiger partial charge < -0.3 is 14.4 Å². The molecule has 0 aliphatic carbocycles. The predicted octanol–water partition coefficient (Wildman–Crippen LogP) is 3.59. The largest absolute Gasteiger partial charge is 0.368 e. The highest BCUT2D eigenvalue weighted by Gasteiger charge is 2.29. The van der Waals surface area contributed by atoms with Gasteiger partial charge in [0.25, 0.3) is 5.91 Å². The normalized spacial score (nSPS) is 16.9. The van der Waals surface area contributed by atoms with Crippen LogP contribution in [-0.4, -0.2) is 67.4 Å². The summed E-state index contributed by atoms with van der Waals surface area (Å²) in [5.74, 6) is -0.358. The first kappa shape index (κ1) is 25.5. The van der Waals surface area contributed by atoms with Crippen LogP contribution in [0.2, 0.25) is 5.02 Å². The van der Waals surface area contributed by atoms with E-state index in [2.05, 4.69) is 11.5 Å². The quantitative estimate of drug-likeness (QED) is 0.446. The van der Waals surface area contributed by atoms with E-state index in [9.17, 15) is 18.0 Å². The van der Waals surface area contributed by atoms with Crippen LogP contribution >= 0.6 is 11.6 Å². The number of anilines is 1. The molecule has 2 aromatic carbocycles. The van der Waals surface area contributed by atoms with Gasteiger partial charge in [0.1, 0.15) is 5.56 Å². The number of halogens is 1. The first-order valence-corrected chi connectivity index (χ1v) is 14.2. The van der Waals surface area contributed by atoms with Gasteiger partial charge in [-0.2, -0.15) is 4.31 Å². The van der Waals surface area contributed by atoms with Crippen LogP contribution in [0.5, 0.6) is 0 Å². The van der Waals surface area contributed by atoms with E-state index in [4.69, 9.17) is 11.6 Å². The van der Waals surface area contributed by atoms with Crippen LogP contribution < -0.4 is 10.3 Å². The van der Waals surface area contributed by atoms with Gasteiger partial charge in [0.15, 0.2) is 0 Å². The number of carbonyl (C=O) groups is 1. The van der Waals surface area contributed by atoms with Gasteiger partial charge in [0.2, 0.25) is 15.5 Å². The summed E-state index contributed by atoms with van der Waals surface area (Å²) in [6.45, 7) is 7.23. The Hall–Kier alpha value is -3.14. The summed E-state index contributed by atoms with van der Waals surface area (Å²) < 4.78 is 29.5. The van der Waals surface area contributed by atoms with E-state index in [1.54, 1.807) is 27.8 Å². The van der Waals surface area contributed by atoms with Crippen molar-refractivity contribution in [2.75, 3.05) is 44.2 Å². The number of amides is 1. The predicted molar refractivity (Wildman–Crippen MR) is 146 cm³/mol. The zero-order valence-electron chi connectivity index (χ0n) is 20.5. The molecule has 0 saturated carbocycles. The van der Waals surface area contributed by atoms with E-state index >= 15 is 0 Å². The van der Waals surface area contributed by atoms with Crippen molar-refractivity contribution in [1.29, 1.82) is 0 Å². The van der Waals surface area contributed by atoms with E-state index < -0.39 is 15.5 Å². The Balaban J connectivity index is 1.47. The van der Waals surface area contributed by atoms with Crippen LogP contribution in [0.3, 0.4) is 0 Å². The molecule has 8 nitrogen and oxygen atoms in total. The van der Waals surface area contributed by atoms with Crippen molar-refractivity contribution in [3.63, 3.8) is 0 Å².